The number of hydrogen-bond donors (Lipinski definition) is 2. The summed E-state index contributed by atoms with van der Waals surface area (Å²) in [5.41, 5.74) is 1.70. The highest BCUT2D eigenvalue weighted by Crippen LogP contribution is 2.29. The van der Waals surface area contributed by atoms with E-state index in [0.29, 0.717) is 23.7 Å². The molecule has 148 valence electrons. The second kappa shape index (κ2) is 10.7. The summed E-state index contributed by atoms with van der Waals surface area (Å²) >= 11 is 0. The first kappa shape index (κ1) is 21.0. The number of esters is 1. The number of amides is 1. The second-order valence-electron chi connectivity index (χ2n) is 5.68. The Balaban J connectivity index is 2.02. The van der Waals surface area contributed by atoms with Crippen LogP contribution in [0.3, 0.4) is 0 Å². The van der Waals surface area contributed by atoms with Crippen LogP contribution in [0, 0.1) is 0 Å². The van der Waals surface area contributed by atoms with E-state index in [9.17, 15) is 14.7 Å². The van der Waals surface area contributed by atoms with Gasteiger partial charge >= 0.3 is 5.97 Å². The third kappa shape index (κ3) is 6.44. The summed E-state index contributed by atoms with van der Waals surface area (Å²) in [6.45, 7) is 2.09. The average Bonchev–Trinajstić information content (AvgIpc) is 2.71. The minimum absolute atomic E-state index is 0.110. The molecule has 0 heterocycles. The van der Waals surface area contributed by atoms with Crippen molar-refractivity contribution in [2.45, 2.75) is 19.8 Å². The Morgan fingerprint density at radius 3 is 2.57 bits per heavy atom. The molecule has 0 aliphatic carbocycles. The number of methoxy groups -OCH3 is 1. The van der Waals surface area contributed by atoms with Crippen molar-refractivity contribution in [2.75, 3.05) is 13.7 Å². The van der Waals surface area contributed by atoms with Gasteiger partial charge in [-0.1, -0.05) is 36.4 Å². The summed E-state index contributed by atoms with van der Waals surface area (Å²) < 4.78 is 15.7. The second-order valence-corrected chi connectivity index (χ2v) is 5.68. The fraction of sp³-hybridized carbons (Fsp3) is 0.238. The smallest absolute Gasteiger partial charge is 0.356 e. The van der Waals surface area contributed by atoms with Gasteiger partial charge in [-0.25, -0.2) is 4.79 Å². The van der Waals surface area contributed by atoms with E-state index in [2.05, 4.69) is 10.1 Å². The van der Waals surface area contributed by atoms with Crippen molar-refractivity contribution >= 4 is 18.0 Å². The number of carbonyl (C=O) groups excluding carboxylic acids is 2. The van der Waals surface area contributed by atoms with Crippen LogP contribution in [0.2, 0.25) is 0 Å². The van der Waals surface area contributed by atoms with Crippen molar-refractivity contribution in [3.8, 4) is 11.5 Å². The van der Waals surface area contributed by atoms with Gasteiger partial charge in [-0.3, -0.25) is 4.79 Å². The summed E-state index contributed by atoms with van der Waals surface area (Å²) in [5.74, 6) is -0.454. The van der Waals surface area contributed by atoms with Gasteiger partial charge in [0.05, 0.1) is 13.7 Å². The van der Waals surface area contributed by atoms with E-state index in [0.717, 1.165) is 5.56 Å². The van der Waals surface area contributed by atoms with Gasteiger partial charge in [-0.15, -0.1) is 0 Å². The summed E-state index contributed by atoms with van der Waals surface area (Å²) in [7, 11) is 1.55. The van der Waals surface area contributed by atoms with Crippen LogP contribution in [0.1, 0.15) is 18.1 Å². The molecular weight excluding hydrogens is 362 g/mol. The van der Waals surface area contributed by atoms with Gasteiger partial charge in [0.25, 0.3) is 0 Å². The Bertz CT molecular complexity index is 819. The Morgan fingerprint density at radius 1 is 1.14 bits per heavy atom. The van der Waals surface area contributed by atoms with Crippen molar-refractivity contribution in [3.05, 3.63) is 65.7 Å². The van der Waals surface area contributed by atoms with E-state index in [1.165, 1.54) is 12.2 Å². The van der Waals surface area contributed by atoms with E-state index < -0.39 is 18.1 Å². The van der Waals surface area contributed by atoms with Crippen molar-refractivity contribution in [2.24, 2.45) is 0 Å². The van der Waals surface area contributed by atoms with Gasteiger partial charge in [-0.2, -0.15) is 0 Å². The molecule has 1 atom stereocenters. The molecule has 0 aliphatic heterocycles. The van der Waals surface area contributed by atoms with E-state index >= 15 is 0 Å². The van der Waals surface area contributed by atoms with Gasteiger partial charge in [0.1, 0.15) is 6.61 Å². The molecule has 0 bridgehead atoms. The zero-order valence-corrected chi connectivity index (χ0v) is 15.8. The summed E-state index contributed by atoms with van der Waals surface area (Å²) in [5, 5.41) is 11.6. The number of nitrogens with one attached hydrogen (secondary N) is 1. The highest BCUT2D eigenvalue weighted by molar-refractivity contribution is 5.94. The molecule has 1 unspecified atom stereocenters. The van der Waals surface area contributed by atoms with Gasteiger partial charge in [0.2, 0.25) is 12.1 Å². The lowest BCUT2D eigenvalue weighted by molar-refractivity contribution is -0.156. The summed E-state index contributed by atoms with van der Waals surface area (Å²) in [6, 6.07) is 14.9. The van der Waals surface area contributed by atoms with Gasteiger partial charge in [-0.05, 0) is 36.3 Å². The maximum atomic E-state index is 11.8. The zero-order valence-electron chi connectivity index (χ0n) is 15.8. The Kier molecular flexibility index (Phi) is 8.05. The number of aliphatic hydroxyl groups excluding tert-OH is 1. The molecule has 0 saturated carbocycles. The first-order valence-electron chi connectivity index (χ1n) is 8.71. The Hall–Kier alpha value is -3.32. The quantitative estimate of drug-likeness (QED) is 0.391. The molecule has 0 fully saturated rings. The van der Waals surface area contributed by atoms with Crippen molar-refractivity contribution in [3.63, 3.8) is 0 Å². The fourth-order valence-corrected chi connectivity index (χ4v) is 2.28. The third-order valence-electron chi connectivity index (χ3n) is 3.64. The molecule has 0 aliphatic rings. The SMILES string of the molecule is CCOC(=O)C(O)NC(=O)/C=C/c1ccc(OC)c(OCc2ccccc2)c1. The molecule has 7 nitrogen and oxygen atoms in total. The topological polar surface area (TPSA) is 94.1 Å². The number of ether oxygens (including phenoxy) is 3. The Morgan fingerprint density at radius 2 is 1.89 bits per heavy atom. The largest absolute Gasteiger partial charge is 0.493 e. The fourth-order valence-electron chi connectivity index (χ4n) is 2.28. The molecule has 0 radical (unpaired) electrons. The molecular formula is C21H23NO6. The van der Waals surface area contributed by atoms with Crippen LogP contribution in [0.5, 0.6) is 11.5 Å². The van der Waals surface area contributed by atoms with E-state index in [1.807, 2.05) is 30.3 Å². The highest BCUT2D eigenvalue weighted by Gasteiger charge is 2.17. The number of hydrogen-bond acceptors (Lipinski definition) is 6. The van der Waals surface area contributed by atoms with Crippen LogP contribution in [0.15, 0.2) is 54.6 Å². The lowest BCUT2D eigenvalue weighted by atomic mass is 10.2. The van der Waals surface area contributed by atoms with Crippen LogP contribution in [-0.2, 0) is 20.9 Å². The maximum Gasteiger partial charge on any atom is 0.356 e. The molecule has 2 aromatic carbocycles. The van der Waals surface area contributed by atoms with Gasteiger partial charge in [0, 0.05) is 6.08 Å². The number of benzene rings is 2. The highest BCUT2D eigenvalue weighted by atomic mass is 16.5. The normalized spacial score (nSPS) is 11.7. The minimum Gasteiger partial charge on any atom is -0.493 e. The minimum atomic E-state index is -1.71. The molecule has 7 heteroatoms. The van der Waals surface area contributed by atoms with Crippen molar-refractivity contribution in [1.82, 2.24) is 5.32 Å². The predicted octanol–water partition coefficient (Wildman–Crippen LogP) is 2.29. The molecule has 0 spiro atoms. The predicted molar refractivity (Wildman–Crippen MR) is 104 cm³/mol. The van der Waals surface area contributed by atoms with E-state index in [4.69, 9.17) is 9.47 Å². The lowest BCUT2D eigenvalue weighted by Crippen LogP contribution is -2.40. The molecule has 2 rings (SSSR count). The molecule has 2 aromatic rings. The molecule has 1 amide bonds. The number of carbonyl (C=O) groups is 2. The molecule has 28 heavy (non-hydrogen) atoms. The van der Waals surface area contributed by atoms with Gasteiger partial charge in [0.15, 0.2) is 11.5 Å². The number of rotatable bonds is 9. The van der Waals surface area contributed by atoms with Crippen LogP contribution in [-0.4, -0.2) is 36.9 Å². The number of aliphatic hydroxyl groups is 1. The van der Waals surface area contributed by atoms with Crippen LogP contribution >= 0.6 is 0 Å². The molecule has 0 saturated heterocycles. The van der Waals surface area contributed by atoms with Crippen molar-refractivity contribution < 1.29 is 28.9 Å². The average molecular weight is 385 g/mol. The lowest BCUT2D eigenvalue weighted by Gasteiger charge is -2.12. The van der Waals surface area contributed by atoms with Gasteiger partial charge < -0.3 is 24.6 Å². The monoisotopic (exact) mass is 385 g/mol. The summed E-state index contributed by atoms with van der Waals surface area (Å²) in [4.78, 5) is 23.1. The van der Waals surface area contributed by atoms with Crippen molar-refractivity contribution in [1.29, 1.82) is 0 Å². The standard InChI is InChI=1S/C21H23NO6/c1-3-27-21(25)20(24)22-19(23)12-10-15-9-11-17(26-2)18(13-15)28-14-16-7-5-4-6-8-16/h4-13,20,24H,3,14H2,1-2H3,(H,22,23)/b12-10+. The van der Waals surface area contributed by atoms with Crippen LogP contribution in [0.25, 0.3) is 6.08 Å². The van der Waals surface area contributed by atoms with Crippen LogP contribution in [0.4, 0.5) is 0 Å². The third-order valence-corrected chi connectivity index (χ3v) is 3.64. The Labute approximate surface area is 163 Å². The molecule has 2 N–H and O–H groups in total. The zero-order chi connectivity index (χ0) is 20.4. The van der Waals surface area contributed by atoms with E-state index in [-0.39, 0.29) is 6.61 Å². The van der Waals surface area contributed by atoms with Crippen LogP contribution < -0.4 is 14.8 Å². The first-order valence-corrected chi connectivity index (χ1v) is 8.71. The first-order chi connectivity index (χ1) is 13.5. The summed E-state index contributed by atoms with van der Waals surface area (Å²) in [6.07, 6.45) is 1.02. The molecule has 0 aromatic heterocycles. The maximum absolute atomic E-state index is 11.8. The van der Waals surface area contributed by atoms with E-state index in [1.54, 1.807) is 32.2 Å².